The smallest absolute Gasteiger partial charge is 0.258 e. The van der Waals surface area contributed by atoms with Crippen molar-refractivity contribution >= 4 is 56.2 Å². The van der Waals surface area contributed by atoms with Crippen molar-refractivity contribution in [1.29, 1.82) is 0 Å². The summed E-state index contributed by atoms with van der Waals surface area (Å²) in [5.41, 5.74) is -0.171. The van der Waals surface area contributed by atoms with E-state index in [0.717, 1.165) is 21.6 Å². The molecule has 0 heterocycles. The van der Waals surface area contributed by atoms with Gasteiger partial charge < -0.3 is 0 Å². The minimum atomic E-state index is -0.522. The van der Waals surface area contributed by atoms with Gasteiger partial charge in [-0.25, -0.2) is 0 Å². The van der Waals surface area contributed by atoms with Crippen molar-refractivity contribution in [3.8, 4) is 0 Å². The summed E-state index contributed by atoms with van der Waals surface area (Å²) in [6.07, 6.45) is 0. The predicted octanol–water partition coefficient (Wildman–Crippen LogP) is 5.61. The first-order valence-corrected chi connectivity index (χ1v) is 8.51. The van der Waals surface area contributed by atoms with E-state index in [9.17, 15) is 20.2 Å². The number of benzene rings is 2. The molecule has 0 saturated heterocycles. The van der Waals surface area contributed by atoms with Crippen LogP contribution in [0.2, 0.25) is 10.0 Å². The van der Waals surface area contributed by atoms with Crippen LogP contribution in [0.3, 0.4) is 0 Å². The monoisotopic (exact) mass is 376 g/mol. The van der Waals surface area contributed by atoms with E-state index in [1.54, 1.807) is 0 Å². The summed E-state index contributed by atoms with van der Waals surface area (Å²) < 4.78 is 0. The number of hydrogen-bond acceptors (Lipinski definition) is 6. The fourth-order valence-corrected chi connectivity index (χ4v) is 4.35. The normalized spacial score (nSPS) is 10.5. The van der Waals surface area contributed by atoms with Crippen molar-refractivity contribution in [2.45, 2.75) is 9.79 Å². The molecule has 0 aromatic heterocycles. The van der Waals surface area contributed by atoms with E-state index >= 15 is 0 Å². The molecule has 2 aromatic carbocycles. The molecule has 0 aliphatic carbocycles. The van der Waals surface area contributed by atoms with Crippen LogP contribution in [-0.2, 0) is 0 Å². The second-order valence-corrected chi connectivity index (χ2v) is 6.94. The van der Waals surface area contributed by atoms with Crippen molar-refractivity contribution in [3.05, 3.63) is 66.7 Å². The van der Waals surface area contributed by atoms with Crippen LogP contribution in [0.25, 0.3) is 0 Å². The van der Waals surface area contributed by atoms with Crippen molar-refractivity contribution in [3.63, 3.8) is 0 Å². The van der Waals surface area contributed by atoms with Crippen LogP contribution in [0.5, 0.6) is 0 Å². The number of hydrogen-bond donors (Lipinski definition) is 0. The summed E-state index contributed by atoms with van der Waals surface area (Å²) >= 11 is 12.0. The van der Waals surface area contributed by atoms with Crippen LogP contribution >= 0.6 is 44.8 Å². The van der Waals surface area contributed by atoms with Gasteiger partial charge in [0.25, 0.3) is 11.4 Å². The average molecular weight is 377 g/mol. The van der Waals surface area contributed by atoms with Crippen LogP contribution in [-0.4, -0.2) is 9.85 Å². The molecule has 0 N–H and O–H groups in total. The largest absolute Gasteiger partial charge is 0.270 e. The highest BCUT2D eigenvalue weighted by molar-refractivity contribution is 8.76. The highest BCUT2D eigenvalue weighted by atomic mass is 35.5. The molecule has 2 aromatic rings. The molecule has 0 aliphatic heterocycles. The van der Waals surface area contributed by atoms with Gasteiger partial charge in [-0.1, -0.05) is 44.8 Å². The van der Waals surface area contributed by atoms with E-state index in [1.165, 1.54) is 36.4 Å². The van der Waals surface area contributed by atoms with Gasteiger partial charge in [0.2, 0.25) is 0 Å². The van der Waals surface area contributed by atoms with E-state index in [0.29, 0.717) is 19.8 Å². The summed E-state index contributed by atoms with van der Waals surface area (Å²) in [4.78, 5) is 21.4. The minimum absolute atomic E-state index is 0.0855. The number of halogens is 2. The van der Waals surface area contributed by atoms with Gasteiger partial charge in [-0.15, -0.1) is 0 Å². The quantitative estimate of drug-likeness (QED) is 0.382. The van der Waals surface area contributed by atoms with Gasteiger partial charge in [-0.2, -0.15) is 0 Å². The highest BCUT2D eigenvalue weighted by Gasteiger charge is 2.14. The third kappa shape index (κ3) is 4.04. The number of nitro groups is 2. The second kappa shape index (κ2) is 7.19. The zero-order chi connectivity index (χ0) is 16.3. The lowest BCUT2D eigenvalue weighted by Gasteiger charge is -2.05. The number of nitrogens with zero attached hydrogens (tertiary/aromatic N) is 2. The fraction of sp³-hybridized carbons (Fsp3) is 0. The molecule has 6 nitrogen and oxygen atoms in total. The van der Waals surface area contributed by atoms with Crippen LogP contribution in [0.15, 0.2) is 46.2 Å². The molecule has 0 amide bonds. The maximum absolute atomic E-state index is 10.8. The fourth-order valence-electron chi connectivity index (χ4n) is 1.43. The lowest BCUT2D eigenvalue weighted by Crippen LogP contribution is -1.88. The van der Waals surface area contributed by atoms with Crippen molar-refractivity contribution in [1.82, 2.24) is 0 Å². The van der Waals surface area contributed by atoms with Gasteiger partial charge in [-0.05, 0) is 12.1 Å². The molecule has 0 spiro atoms. The maximum atomic E-state index is 10.8. The highest BCUT2D eigenvalue weighted by Crippen LogP contribution is 2.44. The lowest BCUT2D eigenvalue weighted by molar-refractivity contribution is -0.385. The van der Waals surface area contributed by atoms with Crippen molar-refractivity contribution in [2.24, 2.45) is 0 Å². The predicted molar refractivity (Wildman–Crippen MR) is 87.9 cm³/mol. The molecule has 0 saturated carbocycles. The molecule has 0 bridgehead atoms. The summed E-state index contributed by atoms with van der Waals surface area (Å²) in [5.74, 6) is 0. The molecule has 0 unspecified atom stereocenters. The molecule has 0 fully saturated rings. The summed E-state index contributed by atoms with van der Waals surface area (Å²) in [6.45, 7) is 0. The van der Waals surface area contributed by atoms with E-state index in [2.05, 4.69) is 0 Å². The van der Waals surface area contributed by atoms with Gasteiger partial charge in [0.15, 0.2) is 0 Å². The zero-order valence-electron chi connectivity index (χ0n) is 10.6. The van der Waals surface area contributed by atoms with Crippen LogP contribution in [0.4, 0.5) is 11.4 Å². The molecule has 10 heteroatoms. The van der Waals surface area contributed by atoms with Crippen molar-refractivity contribution in [2.75, 3.05) is 0 Å². The Morgan fingerprint density at radius 1 is 0.773 bits per heavy atom. The first kappa shape index (κ1) is 16.9. The third-order valence-corrected chi connectivity index (χ3v) is 5.80. The Labute approximate surface area is 142 Å². The summed E-state index contributed by atoms with van der Waals surface area (Å²) in [5, 5.41) is 22.2. The van der Waals surface area contributed by atoms with Gasteiger partial charge in [-0.3, -0.25) is 20.2 Å². The van der Waals surface area contributed by atoms with Gasteiger partial charge >= 0.3 is 0 Å². The first-order valence-electron chi connectivity index (χ1n) is 5.61. The molecular weight excluding hydrogens is 371 g/mol. The van der Waals surface area contributed by atoms with Gasteiger partial charge in [0.1, 0.15) is 0 Å². The minimum Gasteiger partial charge on any atom is -0.258 e. The van der Waals surface area contributed by atoms with Gasteiger partial charge in [0, 0.05) is 34.1 Å². The Morgan fingerprint density at radius 3 is 1.45 bits per heavy atom. The Bertz CT molecular complexity index is 694. The van der Waals surface area contributed by atoms with Gasteiger partial charge in [0.05, 0.1) is 19.9 Å². The van der Waals surface area contributed by atoms with Crippen LogP contribution in [0.1, 0.15) is 0 Å². The Balaban J connectivity index is 2.23. The van der Waals surface area contributed by atoms with Crippen molar-refractivity contribution < 1.29 is 9.85 Å². The van der Waals surface area contributed by atoms with Crippen LogP contribution < -0.4 is 0 Å². The first-order chi connectivity index (χ1) is 10.4. The molecular formula is C12H6Cl2N2O4S2. The number of non-ortho nitro benzene ring substituents is 2. The molecule has 0 radical (unpaired) electrons. The Hall–Kier alpha value is -1.48. The standard InChI is InChI=1S/C12H6Cl2N2O4S2/c13-9-3-1-7(15(17)18)5-11(9)21-22-12-6-8(16(19)20)2-4-10(12)14/h1-6H. The van der Waals surface area contributed by atoms with E-state index in [-0.39, 0.29) is 11.4 Å². The second-order valence-electron chi connectivity index (χ2n) is 3.91. The van der Waals surface area contributed by atoms with Crippen LogP contribution in [0, 0.1) is 20.2 Å². The van der Waals surface area contributed by atoms with E-state index < -0.39 is 9.85 Å². The van der Waals surface area contributed by atoms with E-state index in [1.807, 2.05) is 0 Å². The zero-order valence-corrected chi connectivity index (χ0v) is 13.7. The molecule has 22 heavy (non-hydrogen) atoms. The molecule has 114 valence electrons. The topological polar surface area (TPSA) is 86.3 Å². The molecule has 0 atom stereocenters. The molecule has 2 rings (SSSR count). The third-order valence-electron chi connectivity index (χ3n) is 2.47. The Morgan fingerprint density at radius 2 is 1.14 bits per heavy atom. The molecule has 0 aliphatic rings. The maximum Gasteiger partial charge on any atom is 0.270 e. The Kier molecular flexibility index (Phi) is 5.52. The number of rotatable bonds is 5. The lowest BCUT2D eigenvalue weighted by atomic mass is 10.3. The number of nitro benzene ring substituents is 2. The SMILES string of the molecule is O=[N+]([O-])c1ccc(Cl)c(SSc2cc([N+](=O)[O-])ccc2Cl)c1. The summed E-state index contributed by atoms with van der Waals surface area (Å²) in [6, 6.07) is 8.14. The average Bonchev–Trinajstić information content (AvgIpc) is 2.47. The summed E-state index contributed by atoms with van der Waals surface area (Å²) in [7, 11) is 2.28. The van der Waals surface area contributed by atoms with E-state index in [4.69, 9.17) is 23.2 Å².